The lowest BCUT2D eigenvalue weighted by Crippen LogP contribution is -2.08. The lowest BCUT2D eigenvalue weighted by molar-refractivity contribution is -0.138. The summed E-state index contributed by atoms with van der Waals surface area (Å²) < 4.78 is 86.8. The van der Waals surface area contributed by atoms with Crippen LogP contribution in [0.2, 0.25) is 5.02 Å². The molecule has 0 unspecified atom stereocenters. The zero-order chi connectivity index (χ0) is 32.0. The van der Waals surface area contributed by atoms with E-state index < -0.39 is 52.0 Å². The Bertz CT molecular complexity index is 1950. The first kappa shape index (κ1) is 30.2. The van der Waals surface area contributed by atoms with Crippen molar-refractivity contribution in [3.63, 3.8) is 0 Å². The van der Waals surface area contributed by atoms with Gasteiger partial charge in [0, 0.05) is 16.6 Å². The highest BCUT2D eigenvalue weighted by molar-refractivity contribution is 6.31. The van der Waals surface area contributed by atoms with E-state index in [0.717, 1.165) is 22.8 Å². The molecule has 0 amide bonds. The summed E-state index contributed by atoms with van der Waals surface area (Å²) in [7, 11) is 0. The van der Waals surface area contributed by atoms with Crippen molar-refractivity contribution < 1.29 is 51.2 Å². The second-order valence-electron chi connectivity index (χ2n) is 9.17. The number of azo groups is 1. The van der Waals surface area contributed by atoms with Crippen molar-refractivity contribution in [3.05, 3.63) is 95.0 Å². The number of phenols is 1. The fraction of sp³-hybridized carbons (Fsp3) is 0.0690. The number of fused-ring (bicyclic) bond motifs is 1. The summed E-state index contributed by atoms with van der Waals surface area (Å²) >= 11 is 5.71. The number of phenolic OH excluding ortho intramolecular Hbond substituents is 1. The van der Waals surface area contributed by atoms with Crippen LogP contribution in [0, 0.1) is 0 Å². The molecule has 8 nitrogen and oxygen atoms in total. The quantitative estimate of drug-likeness (QED) is 0.0769. The number of aromatic hydroxyl groups is 2. The van der Waals surface area contributed by atoms with Gasteiger partial charge in [-0.2, -0.15) is 26.3 Å². The molecule has 0 spiro atoms. The van der Waals surface area contributed by atoms with E-state index in [-0.39, 0.29) is 33.6 Å². The third-order valence-electron chi connectivity index (χ3n) is 6.38. The van der Waals surface area contributed by atoms with Gasteiger partial charge in [0.25, 0.3) is 0 Å². The van der Waals surface area contributed by atoms with Gasteiger partial charge >= 0.3 is 18.5 Å². The van der Waals surface area contributed by atoms with Gasteiger partial charge in [-0.25, -0.2) is 4.79 Å². The number of nitrogens with zero attached hydrogens (tertiary/aromatic N) is 3. The third-order valence-corrected chi connectivity index (χ3v) is 6.71. The predicted molar refractivity (Wildman–Crippen MR) is 146 cm³/mol. The van der Waals surface area contributed by atoms with Gasteiger partial charge in [-0.1, -0.05) is 35.9 Å². The van der Waals surface area contributed by atoms with Crippen LogP contribution in [0.15, 0.2) is 89.1 Å². The third kappa shape index (κ3) is 5.83. The van der Waals surface area contributed by atoms with E-state index >= 15 is 0 Å². The number of rotatable bonds is 5. The van der Waals surface area contributed by atoms with Crippen molar-refractivity contribution >= 4 is 40.0 Å². The monoisotopic (exact) mass is 635 g/mol. The fourth-order valence-corrected chi connectivity index (χ4v) is 4.66. The van der Waals surface area contributed by atoms with Gasteiger partial charge in [-0.3, -0.25) is 4.57 Å². The van der Waals surface area contributed by atoms with Crippen LogP contribution in [-0.2, 0) is 12.4 Å². The molecule has 5 aromatic rings. The second kappa shape index (κ2) is 11.1. The molecule has 15 heteroatoms. The average Bonchev–Trinajstić information content (AvgIpc) is 3.21. The van der Waals surface area contributed by atoms with E-state index in [9.17, 15) is 41.4 Å². The molecule has 1 heterocycles. The molecule has 0 aliphatic heterocycles. The number of aromatic nitrogens is 1. The van der Waals surface area contributed by atoms with E-state index in [4.69, 9.17) is 16.7 Å². The average molecular weight is 636 g/mol. The Morgan fingerprint density at radius 1 is 0.841 bits per heavy atom. The number of hydrogen-bond acceptors (Lipinski definition) is 6. The maximum absolute atomic E-state index is 13.6. The van der Waals surface area contributed by atoms with Crippen molar-refractivity contribution in [2.45, 2.75) is 12.4 Å². The molecule has 0 aliphatic rings. The van der Waals surface area contributed by atoms with Gasteiger partial charge in [0.15, 0.2) is 11.4 Å². The molecule has 1 aromatic heterocycles. The van der Waals surface area contributed by atoms with Crippen LogP contribution < -0.4 is 4.74 Å². The minimum Gasteiger partial charge on any atom is -0.505 e. The molecule has 0 aliphatic carbocycles. The van der Waals surface area contributed by atoms with Crippen LogP contribution in [0.25, 0.3) is 27.7 Å². The number of ether oxygens (including phenoxy) is 1. The first-order valence-electron chi connectivity index (χ1n) is 12.2. The Balaban J connectivity index is 1.65. The SMILES string of the molecule is O=C(O)Oc1cccc(-c2cccc(N=Nc3c(O)n(-c4ccc(Cl)c(C(F)(F)F)c4)c4cc(C(F)(F)F)ccc34)c2O)c1. The van der Waals surface area contributed by atoms with Crippen LogP contribution in [-0.4, -0.2) is 26.0 Å². The topological polar surface area (TPSA) is 117 Å². The van der Waals surface area contributed by atoms with Gasteiger partial charge in [-0.15, -0.1) is 10.2 Å². The molecule has 0 atom stereocenters. The van der Waals surface area contributed by atoms with Crippen LogP contribution in [0.3, 0.4) is 0 Å². The lowest BCUT2D eigenvalue weighted by atomic mass is 10.0. The Labute approximate surface area is 247 Å². The van der Waals surface area contributed by atoms with Gasteiger partial charge in [-0.05, 0) is 60.2 Å². The highest BCUT2D eigenvalue weighted by atomic mass is 35.5. The molecule has 44 heavy (non-hydrogen) atoms. The molecule has 0 bridgehead atoms. The summed E-state index contributed by atoms with van der Waals surface area (Å²) in [5.41, 5.74) is -3.18. The smallest absolute Gasteiger partial charge is 0.505 e. The number of halogens is 7. The summed E-state index contributed by atoms with van der Waals surface area (Å²) in [5, 5.41) is 38.0. The summed E-state index contributed by atoms with van der Waals surface area (Å²) in [6.07, 6.45) is -11.3. The van der Waals surface area contributed by atoms with Crippen LogP contribution in [0.4, 0.5) is 42.5 Å². The number of alkyl halides is 6. The highest BCUT2D eigenvalue weighted by Gasteiger charge is 2.35. The molecule has 0 saturated heterocycles. The molecule has 0 radical (unpaired) electrons. The molecule has 5 rings (SSSR count). The van der Waals surface area contributed by atoms with Crippen molar-refractivity contribution in [3.8, 4) is 34.2 Å². The van der Waals surface area contributed by atoms with Crippen LogP contribution in [0.1, 0.15) is 11.1 Å². The van der Waals surface area contributed by atoms with E-state index in [1.165, 1.54) is 36.4 Å². The zero-order valence-electron chi connectivity index (χ0n) is 21.7. The lowest BCUT2D eigenvalue weighted by Gasteiger charge is -2.13. The summed E-state index contributed by atoms with van der Waals surface area (Å²) in [5.74, 6) is -1.31. The first-order valence-corrected chi connectivity index (χ1v) is 12.6. The van der Waals surface area contributed by atoms with Crippen LogP contribution in [0.5, 0.6) is 17.4 Å². The molecule has 0 saturated carbocycles. The number of para-hydroxylation sites is 1. The normalized spacial score (nSPS) is 12.2. The Morgan fingerprint density at radius 3 is 2.25 bits per heavy atom. The number of hydrogen-bond donors (Lipinski definition) is 3. The second-order valence-corrected chi connectivity index (χ2v) is 9.58. The van der Waals surface area contributed by atoms with E-state index in [2.05, 4.69) is 15.0 Å². The van der Waals surface area contributed by atoms with Crippen molar-refractivity contribution in [2.75, 3.05) is 0 Å². The largest absolute Gasteiger partial charge is 0.511 e. The zero-order valence-corrected chi connectivity index (χ0v) is 22.4. The standard InChI is InChI=1S/C29H16ClF6N3O5/c30-21-10-8-16(13-20(21)29(34,35)36)39-23-12-15(28(31,32)33)7-9-19(23)24(26(39)41)38-37-22-6-2-5-18(25(22)40)14-3-1-4-17(11-14)44-27(42)43/h1-13,40-41H,(H,42,43). The summed E-state index contributed by atoms with van der Waals surface area (Å²) in [6, 6.07) is 14.9. The van der Waals surface area contributed by atoms with Gasteiger partial charge in [0.05, 0.1) is 21.7 Å². The Morgan fingerprint density at radius 2 is 1.57 bits per heavy atom. The maximum atomic E-state index is 13.6. The number of benzene rings is 4. The van der Waals surface area contributed by atoms with E-state index in [1.54, 1.807) is 6.07 Å². The molecule has 0 fully saturated rings. The predicted octanol–water partition coefficient (Wildman–Crippen LogP) is 9.87. The highest BCUT2D eigenvalue weighted by Crippen LogP contribution is 2.46. The fourth-order valence-electron chi connectivity index (χ4n) is 4.44. The molecule has 3 N–H and O–H groups in total. The first-order chi connectivity index (χ1) is 20.6. The van der Waals surface area contributed by atoms with Gasteiger partial charge in [0.1, 0.15) is 11.4 Å². The Kier molecular flexibility index (Phi) is 7.63. The molecular weight excluding hydrogens is 620 g/mol. The minimum atomic E-state index is -4.91. The molecule has 4 aromatic carbocycles. The minimum absolute atomic E-state index is 0.0340. The van der Waals surface area contributed by atoms with E-state index in [1.807, 2.05) is 0 Å². The van der Waals surface area contributed by atoms with Crippen molar-refractivity contribution in [2.24, 2.45) is 10.2 Å². The van der Waals surface area contributed by atoms with E-state index in [0.29, 0.717) is 23.8 Å². The molecular formula is C29H16ClF6N3O5. The number of carbonyl (C=O) groups is 1. The van der Waals surface area contributed by atoms with Gasteiger partial charge < -0.3 is 20.1 Å². The Hall–Kier alpha value is -5.24. The number of carboxylic acid groups (broad SMARTS) is 1. The van der Waals surface area contributed by atoms with Crippen LogP contribution >= 0.6 is 11.6 Å². The summed E-state index contributed by atoms with van der Waals surface area (Å²) in [6.45, 7) is 0. The molecule has 226 valence electrons. The van der Waals surface area contributed by atoms with Crippen molar-refractivity contribution in [1.82, 2.24) is 4.57 Å². The van der Waals surface area contributed by atoms with Crippen molar-refractivity contribution in [1.29, 1.82) is 0 Å². The van der Waals surface area contributed by atoms with Gasteiger partial charge in [0.2, 0.25) is 5.88 Å². The summed E-state index contributed by atoms with van der Waals surface area (Å²) in [4.78, 5) is 10.9. The maximum Gasteiger partial charge on any atom is 0.511 e.